The minimum Gasteiger partial charge on any atom is -0.493 e. The molecule has 2 saturated carbocycles. The van der Waals surface area contributed by atoms with Gasteiger partial charge in [0.15, 0.2) is 11.5 Å². The first-order valence-electron chi connectivity index (χ1n) is 13.0. The number of piperidine rings is 1. The molecule has 3 amide bonds. The molecule has 8 heteroatoms. The number of hydrogen-bond donors (Lipinski definition) is 1. The summed E-state index contributed by atoms with van der Waals surface area (Å²) in [6.07, 6.45) is 11.5. The van der Waals surface area contributed by atoms with Crippen molar-refractivity contribution in [3.8, 4) is 11.5 Å². The highest BCUT2D eigenvalue weighted by Gasteiger charge is 2.48. The molecule has 34 heavy (non-hydrogen) atoms. The van der Waals surface area contributed by atoms with E-state index in [1.54, 1.807) is 7.11 Å². The quantitative estimate of drug-likeness (QED) is 0.641. The standard InChI is InChI=1S/C26H37N3O5/c1-32-22-10-9-19(17-23(22)33-21-7-3-4-8-21)27-24(30)28-15-11-20(12-16-28)29-18-26(34-25(29)31)13-5-2-6-14-26/h9-10,17,20-21H,2-8,11-16,18H2,1H3,(H,27,30). The lowest BCUT2D eigenvalue weighted by Gasteiger charge is -2.36. The molecule has 1 aromatic rings. The fourth-order valence-electron chi connectivity index (χ4n) is 6.00. The second-order valence-corrected chi connectivity index (χ2v) is 10.3. The number of likely N-dealkylation sites (tertiary alicyclic amines) is 1. The third-order valence-corrected chi connectivity index (χ3v) is 7.96. The fourth-order valence-corrected chi connectivity index (χ4v) is 6.00. The maximum absolute atomic E-state index is 12.9. The van der Waals surface area contributed by atoms with Crippen molar-refractivity contribution >= 4 is 17.8 Å². The van der Waals surface area contributed by atoms with E-state index in [1.165, 1.54) is 19.3 Å². The molecule has 0 atom stereocenters. The van der Waals surface area contributed by atoms with Crippen LogP contribution in [-0.4, -0.2) is 66.4 Å². The number of amides is 3. The van der Waals surface area contributed by atoms with E-state index in [0.717, 1.165) is 51.4 Å². The Bertz CT molecular complexity index is 886. The van der Waals surface area contributed by atoms with Gasteiger partial charge in [0.1, 0.15) is 5.60 Å². The van der Waals surface area contributed by atoms with Crippen LogP contribution in [0, 0.1) is 0 Å². The van der Waals surface area contributed by atoms with Gasteiger partial charge < -0.3 is 29.3 Å². The average molecular weight is 472 g/mol. The molecule has 2 saturated heterocycles. The van der Waals surface area contributed by atoms with Gasteiger partial charge in [-0.1, -0.05) is 6.42 Å². The summed E-state index contributed by atoms with van der Waals surface area (Å²) in [7, 11) is 1.63. The molecule has 2 aliphatic heterocycles. The molecule has 0 radical (unpaired) electrons. The second kappa shape index (κ2) is 9.92. The van der Waals surface area contributed by atoms with Crippen molar-refractivity contribution in [2.24, 2.45) is 0 Å². The van der Waals surface area contributed by atoms with E-state index < -0.39 is 0 Å². The van der Waals surface area contributed by atoms with Crippen LogP contribution in [0.3, 0.4) is 0 Å². The third-order valence-electron chi connectivity index (χ3n) is 7.96. The van der Waals surface area contributed by atoms with E-state index >= 15 is 0 Å². The van der Waals surface area contributed by atoms with Gasteiger partial charge in [0.25, 0.3) is 0 Å². The molecule has 2 heterocycles. The SMILES string of the molecule is COc1ccc(NC(=O)N2CCC(N3CC4(CCCCC4)OC3=O)CC2)cc1OC1CCCC1. The fraction of sp³-hybridized carbons (Fsp3) is 0.692. The van der Waals surface area contributed by atoms with Gasteiger partial charge in [0.2, 0.25) is 0 Å². The lowest BCUT2D eigenvalue weighted by Crippen LogP contribution is -2.49. The van der Waals surface area contributed by atoms with E-state index in [-0.39, 0.29) is 29.9 Å². The van der Waals surface area contributed by atoms with Gasteiger partial charge in [-0.3, -0.25) is 0 Å². The highest BCUT2D eigenvalue weighted by atomic mass is 16.6. The minimum absolute atomic E-state index is 0.122. The number of anilines is 1. The van der Waals surface area contributed by atoms with Crippen LogP contribution in [0.15, 0.2) is 18.2 Å². The summed E-state index contributed by atoms with van der Waals surface area (Å²) < 4.78 is 17.5. The Morgan fingerprint density at radius 2 is 1.76 bits per heavy atom. The molecule has 5 rings (SSSR count). The highest BCUT2D eigenvalue weighted by Crippen LogP contribution is 2.39. The van der Waals surface area contributed by atoms with Crippen molar-refractivity contribution in [3.63, 3.8) is 0 Å². The lowest BCUT2D eigenvalue weighted by molar-refractivity contribution is 0.0259. The number of nitrogens with zero attached hydrogens (tertiary/aromatic N) is 2. The van der Waals surface area contributed by atoms with Crippen LogP contribution in [0.5, 0.6) is 11.5 Å². The van der Waals surface area contributed by atoms with Crippen molar-refractivity contribution in [1.29, 1.82) is 0 Å². The van der Waals surface area contributed by atoms with Crippen LogP contribution in [0.4, 0.5) is 15.3 Å². The number of rotatable bonds is 5. The van der Waals surface area contributed by atoms with Crippen molar-refractivity contribution in [3.05, 3.63) is 18.2 Å². The molecule has 0 unspecified atom stereocenters. The van der Waals surface area contributed by atoms with Crippen LogP contribution >= 0.6 is 0 Å². The zero-order valence-electron chi connectivity index (χ0n) is 20.2. The van der Waals surface area contributed by atoms with Crippen molar-refractivity contribution in [2.45, 2.75) is 88.4 Å². The van der Waals surface area contributed by atoms with E-state index in [4.69, 9.17) is 14.2 Å². The first kappa shape index (κ1) is 23.1. The van der Waals surface area contributed by atoms with Crippen LogP contribution in [-0.2, 0) is 4.74 Å². The van der Waals surface area contributed by atoms with Gasteiger partial charge in [-0.05, 0) is 76.3 Å². The summed E-state index contributed by atoms with van der Waals surface area (Å²) in [5.74, 6) is 1.36. The second-order valence-electron chi connectivity index (χ2n) is 10.3. The molecular weight excluding hydrogens is 434 g/mol. The molecule has 8 nitrogen and oxygen atoms in total. The zero-order valence-corrected chi connectivity index (χ0v) is 20.2. The molecular formula is C26H37N3O5. The smallest absolute Gasteiger partial charge is 0.410 e. The maximum Gasteiger partial charge on any atom is 0.410 e. The molecule has 1 aromatic carbocycles. The number of hydrogen-bond acceptors (Lipinski definition) is 5. The summed E-state index contributed by atoms with van der Waals surface area (Å²) in [4.78, 5) is 29.3. The molecule has 2 aliphatic carbocycles. The van der Waals surface area contributed by atoms with Crippen LogP contribution < -0.4 is 14.8 Å². The molecule has 1 N–H and O–H groups in total. The van der Waals surface area contributed by atoms with Crippen LogP contribution in [0.25, 0.3) is 0 Å². The van der Waals surface area contributed by atoms with E-state index in [1.807, 2.05) is 28.0 Å². The van der Waals surface area contributed by atoms with Gasteiger partial charge in [-0.15, -0.1) is 0 Å². The third kappa shape index (κ3) is 4.91. The van der Waals surface area contributed by atoms with Gasteiger partial charge in [-0.25, -0.2) is 9.59 Å². The van der Waals surface area contributed by atoms with E-state index in [9.17, 15) is 9.59 Å². The molecule has 4 fully saturated rings. The number of carbonyl (C=O) groups excluding carboxylic acids is 2. The van der Waals surface area contributed by atoms with Crippen molar-refractivity contribution in [1.82, 2.24) is 9.80 Å². The first-order valence-corrected chi connectivity index (χ1v) is 13.0. The summed E-state index contributed by atoms with van der Waals surface area (Å²) in [5, 5.41) is 3.01. The molecule has 1 spiro atoms. The Balaban J connectivity index is 1.15. The summed E-state index contributed by atoms with van der Waals surface area (Å²) in [6, 6.07) is 5.56. The summed E-state index contributed by atoms with van der Waals surface area (Å²) in [5.41, 5.74) is 0.430. The summed E-state index contributed by atoms with van der Waals surface area (Å²) in [6.45, 7) is 1.95. The Labute approximate surface area is 201 Å². The van der Waals surface area contributed by atoms with Crippen LogP contribution in [0.2, 0.25) is 0 Å². The van der Waals surface area contributed by atoms with E-state index in [0.29, 0.717) is 36.8 Å². The number of benzene rings is 1. The Kier molecular flexibility index (Phi) is 6.75. The number of nitrogens with one attached hydrogen (secondary N) is 1. The van der Waals surface area contributed by atoms with Gasteiger partial charge in [-0.2, -0.15) is 0 Å². The van der Waals surface area contributed by atoms with E-state index in [2.05, 4.69) is 5.32 Å². The normalized spacial score (nSPS) is 23.3. The Morgan fingerprint density at radius 1 is 1.03 bits per heavy atom. The first-order chi connectivity index (χ1) is 16.5. The summed E-state index contributed by atoms with van der Waals surface area (Å²) >= 11 is 0. The predicted molar refractivity (Wildman–Crippen MR) is 128 cm³/mol. The number of carbonyl (C=O) groups is 2. The predicted octanol–water partition coefficient (Wildman–Crippen LogP) is 5.17. The number of ether oxygens (including phenoxy) is 3. The Hall–Kier alpha value is -2.64. The largest absolute Gasteiger partial charge is 0.493 e. The van der Waals surface area contributed by atoms with Gasteiger partial charge >= 0.3 is 12.1 Å². The number of methoxy groups -OCH3 is 1. The molecule has 0 aromatic heterocycles. The average Bonchev–Trinajstić information content (AvgIpc) is 3.47. The molecule has 186 valence electrons. The van der Waals surface area contributed by atoms with Crippen molar-refractivity contribution in [2.75, 3.05) is 32.1 Å². The molecule has 0 bridgehead atoms. The molecule has 4 aliphatic rings. The van der Waals surface area contributed by atoms with Crippen molar-refractivity contribution < 1.29 is 23.8 Å². The lowest BCUT2D eigenvalue weighted by atomic mass is 9.84. The maximum atomic E-state index is 12.9. The monoisotopic (exact) mass is 471 g/mol. The Morgan fingerprint density at radius 3 is 2.47 bits per heavy atom. The minimum atomic E-state index is -0.267. The number of urea groups is 1. The highest BCUT2D eigenvalue weighted by molar-refractivity contribution is 5.89. The zero-order chi connectivity index (χ0) is 23.5. The van der Waals surface area contributed by atoms with Gasteiger partial charge in [0.05, 0.1) is 19.8 Å². The topological polar surface area (TPSA) is 80.3 Å². The van der Waals surface area contributed by atoms with Crippen LogP contribution in [0.1, 0.15) is 70.6 Å². The van der Waals surface area contributed by atoms with Gasteiger partial charge in [0, 0.05) is 30.9 Å².